The highest BCUT2D eigenvalue weighted by Crippen LogP contribution is 2.25. The minimum Gasteiger partial charge on any atom is -0.459 e. The van der Waals surface area contributed by atoms with E-state index >= 15 is 0 Å². The number of benzene rings is 1. The van der Waals surface area contributed by atoms with Gasteiger partial charge in [-0.25, -0.2) is 4.79 Å². The van der Waals surface area contributed by atoms with E-state index in [1.807, 2.05) is 18.2 Å². The van der Waals surface area contributed by atoms with Crippen molar-refractivity contribution in [2.24, 2.45) is 53.3 Å². The van der Waals surface area contributed by atoms with Gasteiger partial charge in [0.2, 0.25) is 0 Å². The Bertz CT molecular complexity index is 1070. The Labute approximate surface area is 369 Å². The maximum absolute atomic E-state index is 12.7. The van der Waals surface area contributed by atoms with Crippen LogP contribution in [0.2, 0.25) is 0 Å². The molecule has 346 valence electrons. The molecule has 0 aliphatic carbocycles. The van der Waals surface area contributed by atoms with E-state index in [9.17, 15) is 4.79 Å². The zero-order chi connectivity index (χ0) is 43.7. The van der Waals surface area contributed by atoms with E-state index < -0.39 is 0 Å². The third-order valence-electron chi connectivity index (χ3n) is 13.4. The number of hydrogen-bond donors (Lipinski definition) is 0. The fraction of sp³-hybridized carbons (Fsp3) is 0.873. The summed E-state index contributed by atoms with van der Waals surface area (Å²) in [6.45, 7) is 28.5. The Kier molecular flexibility index (Phi) is 34.1. The fourth-order valence-electron chi connectivity index (χ4n) is 8.74. The Balaban J connectivity index is 2.30. The van der Waals surface area contributed by atoms with Crippen LogP contribution >= 0.6 is 0 Å². The average molecular weight is 827 g/mol. The predicted molar refractivity (Wildman–Crippen MR) is 257 cm³/mol. The minimum absolute atomic E-state index is 0.222. The number of ether oxygens (including phenoxy) is 3. The molecule has 0 bridgehead atoms. The molecule has 0 saturated carbocycles. The SMILES string of the molecule is CC(C)CCC[C@@H](C)CCC[C@@H](C)CCC[C@@H](C)CCOC[C@H](COC(=O)c1ccccc1)OCC[C@@H](C)CCC[C@@H](C)CCC[C@@H](C)CCC[C@@H](C)CCCC(C)C. The standard InChI is InChI=1S/C55H102O4/c1-44(2)22-15-24-46(5)26-17-28-48(7)30-19-31-50(9)33-21-35-52(11)39-41-58-54(43-59-55(56)53-36-13-12-14-37-53)42-57-40-38-51(10)34-20-32-49(8)29-18-27-47(6)25-16-23-45(3)4/h12-14,36-37,44-52,54H,15-35,38-43H2,1-11H3/t46-,47+,48-,49+,50-,51+,52-,54+/m0/s1. The van der Waals surface area contributed by atoms with Crippen LogP contribution < -0.4 is 0 Å². The van der Waals surface area contributed by atoms with Gasteiger partial charge >= 0.3 is 5.97 Å². The number of hydrogen-bond acceptors (Lipinski definition) is 4. The maximum Gasteiger partial charge on any atom is 0.338 e. The van der Waals surface area contributed by atoms with Crippen molar-refractivity contribution in [3.63, 3.8) is 0 Å². The van der Waals surface area contributed by atoms with Crippen LogP contribution in [0.4, 0.5) is 0 Å². The van der Waals surface area contributed by atoms with Gasteiger partial charge in [0.15, 0.2) is 0 Å². The van der Waals surface area contributed by atoms with Crippen LogP contribution in [0.15, 0.2) is 30.3 Å². The van der Waals surface area contributed by atoms with Gasteiger partial charge in [0.25, 0.3) is 0 Å². The highest BCUT2D eigenvalue weighted by molar-refractivity contribution is 5.89. The second-order valence-corrected chi connectivity index (χ2v) is 21.1. The molecule has 0 unspecified atom stereocenters. The maximum atomic E-state index is 12.7. The summed E-state index contributed by atoms with van der Waals surface area (Å²) < 4.78 is 18.2. The second kappa shape index (κ2) is 36.1. The molecule has 0 saturated heterocycles. The first-order valence-corrected chi connectivity index (χ1v) is 25.7. The van der Waals surface area contributed by atoms with Crippen molar-refractivity contribution in [3.8, 4) is 0 Å². The molecule has 0 aromatic heterocycles. The lowest BCUT2D eigenvalue weighted by Crippen LogP contribution is -2.28. The lowest BCUT2D eigenvalue weighted by atomic mass is 9.90. The van der Waals surface area contributed by atoms with Crippen molar-refractivity contribution in [2.45, 2.75) is 230 Å². The van der Waals surface area contributed by atoms with Crippen molar-refractivity contribution in [1.82, 2.24) is 0 Å². The Morgan fingerprint density at radius 1 is 0.407 bits per heavy atom. The lowest BCUT2D eigenvalue weighted by molar-refractivity contribution is -0.0539. The summed E-state index contributed by atoms with van der Waals surface area (Å²) in [5, 5.41) is 0. The molecular weight excluding hydrogens is 725 g/mol. The molecule has 4 nitrogen and oxygen atoms in total. The van der Waals surface area contributed by atoms with Gasteiger partial charge < -0.3 is 14.2 Å². The van der Waals surface area contributed by atoms with E-state index in [1.165, 1.54) is 135 Å². The van der Waals surface area contributed by atoms with E-state index in [-0.39, 0.29) is 18.7 Å². The first-order valence-electron chi connectivity index (χ1n) is 25.7. The topological polar surface area (TPSA) is 44.8 Å². The Morgan fingerprint density at radius 3 is 1.08 bits per heavy atom. The summed E-state index contributed by atoms with van der Waals surface area (Å²) in [6, 6.07) is 9.26. The molecule has 0 amide bonds. The molecule has 0 aliphatic heterocycles. The van der Waals surface area contributed by atoms with Crippen molar-refractivity contribution < 1.29 is 19.0 Å². The molecule has 0 heterocycles. The molecule has 0 radical (unpaired) electrons. The molecule has 59 heavy (non-hydrogen) atoms. The zero-order valence-corrected chi connectivity index (χ0v) is 41.4. The largest absolute Gasteiger partial charge is 0.459 e. The van der Waals surface area contributed by atoms with Gasteiger partial charge in [-0.15, -0.1) is 0 Å². The molecule has 1 aromatic rings. The Hall–Kier alpha value is -1.39. The molecule has 0 spiro atoms. The monoisotopic (exact) mass is 827 g/mol. The van der Waals surface area contributed by atoms with E-state index in [0.717, 1.165) is 60.9 Å². The molecule has 4 heteroatoms. The third kappa shape index (κ3) is 33.9. The van der Waals surface area contributed by atoms with Crippen LogP contribution in [0, 0.1) is 53.3 Å². The summed E-state index contributed by atoms with van der Waals surface area (Å²) >= 11 is 0. The number of carbonyl (C=O) groups is 1. The van der Waals surface area contributed by atoms with Crippen molar-refractivity contribution >= 4 is 5.97 Å². The van der Waals surface area contributed by atoms with Crippen LogP contribution in [0.3, 0.4) is 0 Å². The van der Waals surface area contributed by atoms with E-state index in [0.29, 0.717) is 30.6 Å². The van der Waals surface area contributed by atoms with Crippen molar-refractivity contribution in [3.05, 3.63) is 35.9 Å². The summed E-state index contributed by atoms with van der Waals surface area (Å²) in [7, 11) is 0. The molecule has 8 atom stereocenters. The van der Waals surface area contributed by atoms with E-state index in [1.54, 1.807) is 12.1 Å². The highest BCUT2D eigenvalue weighted by Gasteiger charge is 2.17. The average Bonchev–Trinajstić information content (AvgIpc) is 3.18. The van der Waals surface area contributed by atoms with E-state index in [4.69, 9.17) is 14.2 Å². The van der Waals surface area contributed by atoms with Gasteiger partial charge in [-0.2, -0.15) is 0 Å². The normalized spacial score (nSPS) is 16.2. The van der Waals surface area contributed by atoms with Gasteiger partial charge in [0.05, 0.1) is 12.2 Å². The van der Waals surface area contributed by atoms with Gasteiger partial charge in [-0.1, -0.05) is 229 Å². The first kappa shape index (κ1) is 55.6. The van der Waals surface area contributed by atoms with E-state index in [2.05, 4.69) is 76.2 Å². The molecule has 0 N–H and O–H groups in total. The Morgan fingerprint density at radius 2 is 0.729 bits per heavy atom. The molecule has 0 fully saturated rings. The second-order valence-electron chi connectivity index (χ2n) is 21.1. The molecule has 1 aromatic carbocycles. The van der Waals surface area contributed by atoms with Gasteiger partial charge in [0.1, 0.15) is 12.7 Å². The van der Waals surface area contributed by atoms with Crippen LogP contribution in [0.25, 0.3) is 0 Å². The first-order chi connectivity index (χ1) is 28.2. The molecule has 0 aliphatic rings. The van der Waals surface area contributed by atoms with Gasteiger partial charge in [0, 0.05) is 13.2 Å². The highest BCUT2D eigenvalue weighted by atomic mass is 16.6. The number of rotatable bonds is 40. The zero-order valence-electron chi connectivity index (χ0n) is 41.4. The summed E-state index contributed by atoms with van der Waals surface area (Å²) in [5.41, 5.74) is 0.576. The molecule has 1 rings (SSSR count). The fourth-order valence-corrected chi connectivity index (χ4v) is 8.74. The van der Waals surface area contributed by atoms with Crippen LogP contribution in [0.5, 0.6) is 0 Å². The summed E-state index contributed by atoms with van der Waals surface area (Å²) in [6.07, 6.45) is 30.5. The number of carbonyl (C=O) groups excluding carboxylic acids is 1. The minimum atomic E-state index is -0.298. The van der Waals surface area contributed by atoms with Crippen LogP contribution in [-0.2, 0) is 14.2 Å². The quantitative estimate of drug-likeness (QED) is 0.0488. The van der Waals surface area contributed by atoms with Crippen molar-refractivity contribution in [2.75, 3.05) is 26.4 Å². The summed E-state index contributed by atoms with van der Waals surface area (Å²) in [4.78, 5) is 12.7. The summed E-state index contributed by atoms with van der Waals surface area (Å²) in [5.74, 6) is 6.93. The molecular formula is C55H102O4. The van der Waals surface area contributed by atoms with Gasteiger partial charge in [-0.05, 0) is 78.2 Å². The third-order valence-corrected chi connectivity index (χ3v) is 13.4. The van der Waals surface area contributed by atoms with Crippen LogP contribution in [-0.4, -0.2) is 38.5 Å². The predicted octanol–water partition coefficient (Wildman–Crippen LogP) is 17.0. The number of esters is 1. The van der Waals surface area contributed by atoms with Crippen LogP contribution in [0.1, 0.15) is 234 Å². The lowest BCUT2D eigenvalue weighted by Gasteiger charge is -2.21. The van der Waals surface area contributed by atoms with Gasteiger partial charge in [-0.3, -0.25) is 0 Å². The van der Waals surface area contributed by atoms with Crippen molar-refractivity contribution in [1.29, 1.82) is 0 Å². The smallest absolute Gasteiger partial charge is 0.338 e.